The highest BCUT2D eigenvalue weighted by atomic mass is 79.9. The second-order valence-electron chi connectivity index (χ2n) is 6.41. The topological polar surface area (TPSA) is 95.9 Å². The first-order valence-corrected chi connectivity index (χ1v) is 10.4. The molecule has 0 aliphatic heterocycles. The Hall–Kier alpha value is -2.91. The van der Waals surface area contributed by atoms with Crippen molar-refractivity contribution in [2.75, 3.05) is 11.9 Å². The van der Waals surface area contributed by atoms with Crippen LogP contribution in [0.2, 0.25) is 0 Å². The maximum absolute atomic E-state index is 13.7. The summed E-state index contributed by atoms with van der Waals surface area (Å²) in [7, 11) is 0. The molecular formula is C21H17BrFNO5S. The molecule has 0 radical (unpaired) electrons. The first-order valence-electron chi connectivity index (χ1n) is 8.75. The number of hydrogen-bond acceptors (Lipinski definition) is 5. The first-order chi connectivity index (χ1) is 14.3. The Morgan fingerprint density at radius 2 is 1.97 bits per heavy atom. The summed E-state index contributed by atoms with van der Waals surface area (Å²) in [6, 6.07) is 12.3. The van der Waals surface area contributed by atoms with Crippen LogP contribution in [0.3, 0.4) is 0 Å². The van der Waals surface area contributed by atoms with Gasteiger partial charge in [0.1, 0.15) is 5.82 Å². The van der Waals surface area contributed by atoms with E-state index in [2.05, 4.69) is 21.2 Å². The molecule has 1 heterocycles. The van der Waals surface area contributed by atoms with Crippen molar-refractivity contribution in [1.29, 1.82) is 0 Å². The molecule has 30 heavy (non-hydrogen) atoms. The van der Waals surface area contributed by atoms with E-state index in [4.69, 9.17) is 9.84 Å². The van der Waals surface area contributed by atoms with Crippen molar-refractivity contribution >= 4 is 44.9 Å². The molecule has 156 valence electrons. The molecule has 3 rings (SSSR count). The Morgan fingerprint density at radius 1 is 1.20 bits per heavy atom. The molecule has 0 aliphatic rings. The van der Waals surface area contributed by atoms with Gasteiger partial charge < -0.3 is 20.3 Å². The van der Waals surface area contributed by atoms with E-state index in [0.29, 0.717) is 27.1 Å². The van der Waals surface area contributed by atoms with E-state index >= 15 is 0 Å². The number of hydrogen-bond donors (Lipinski definition) is 3. The number of anilines is 1. The highest BCUT2D eigenvalue weighted by Gasteiger charge is 2.24. The Kier molecular flexibility index (Phi) is 6.73. The predicted molar refractivity (Wildman–Crippen MR) is 116 cm³/mol. The molecule has 0 fully saturated rings. The Labute approximate surface area is 184 Å². The molecule has 0 saturated heterocycles. The quantitative estimate of drug-likeness (QED) is 0.388. The Morgan fingerprint density at radius 3 is 2.63 bits per heavy atom. The molecule has 9 heteroatoms. The minimum atomic E-state index is -1.20. The highest BCUT2D eigenvalue weighted by molar-refractivity contribution is 9.10. The third-order valence-electron chi connectivity index (χ3n) is 4.20. The standard InChI is InChI=1S/C21H17BrFNO5S/c1-11-5-6-14(8-15(11)23)24-9-12-3-2-4-13(7-12)19-17(22)18(29-10-16(25)26)20(30-19)21(27)28/h2-8,24H,9-10H2,1H3,(H,25,26)(H,27,28). The lowest BCUT2D eigenvalue weighted by Crippen LogP contribution is -2.11. The second kappa shape index (κ2) is 9.27. The van der Waals surface area contributed by atoms with Crippen LogP contribution in [0.25, 0.3) is 10.4 Å². The SMILES string of the molecule is Cc1ccc(NCc2cccc(-c3sc(C(=O)O)c(OCC(=O)O)c3Br)c2)cc1F. The summed E-state index contributed by atoms with van der Waals surface area (Å²) in [6.07, 6.45) is 0. The fourth-order valence-electron chi connectivity index (χ4n) is 2.71. The number of carboxylic acids is 2. The van der Waals surface area contributed by atoms with Gasteiger partial charge in [-0.05, 0) is 57.7 Å². The zero-order valence-electron chi connectivity index (χ0n) is 15.7. The molecule has 6 nitrogen and oxygen atoms in total. The number of benzene rings is 2. The molecule has 3 N–H and O–H groups in total. The molecular weight excluding hydrogens is 477 g/mol. The molecule has 0 atom stereocenters. The summed E-state index contributed by atoms with van der Waals surface area (Å²) in [6.45, 7) is 1.49. The van der Waals surface area contributed by atoms with Crippen LogP contribution in [0.5, 0.6) is 5.75 Å². The number of aliphatic carboxylic acids is 1. The van der Waals surface area contributed by atoms with Crippen LogP contribution in [0.1, 0.15) is 20.8 Å². The molecule has 0 amide bonds. The van der Waals surface area contributed by atoms with E-state index in [9.17, 15) is 19.1 Å². The largest absolute Gasteiger partial charge is 0.479 e. The summed E-state index contributed by atoms with van der Waals surface area (Å²) in [5, 5.41) is 21.4. The van der Waals surface area contributed by atoms with Gasteiger partial charge in [-0.15, -0.1) is 11.3 Å². The molecule has 0 saturated carbocycles. The highest BCUT2D eigenvalue weighted by Crippen LogP contribution is 2.45. The van der Waals surface area contributed by atoms with Crippen LogP contribution in [-0.4, -0.2) is 28.8 Å². The van der Waals surface area contributed by atoms with Crippen molar-refractivity contribution in [3.8, 4) is 16.2 Å². The van der Waals surface area contributed by atoms with Crippen LogP contribution in [0.4, 0.5) is 10.1 Å². The molecule has 1 aromatic heterocycles. The van der Waals surface area contributed by atoms with Gasteiger partial charge in [-0.2, -0.15) is 0 Å². The van der Waals surface area contributed by atoms with Gasteiger partial charge in [0.25, 0.3) is 0 Å². The van der Waals surface area contributed by atoms with Crippen molar-refractivity contribution in [2.45, 2.75) is 13.5 Å². The predicted octanol–water partition coefficient (Wildman–Crippen LogP) is 5.40. The molecule has 0 aliphatic carbocycles. The third-order valence-corrected chi connectivity index (χ3v) is 6.43. The van der Waals surface area contributed by atoms with Crippen LogP contribution in [0.15, 0.2) is 46.9 Å². The lowest BCUT2D eigenvalue weighted by Gasteiger charge is -2.09. The van der Waals surface area contributed by atoms with Gasteiger partial charge in [0.15, 0.2) is 17.2 Å². The fourth-order valence-corrected chi connectivity index (χ4v) is 4.60. The maximum atomic E-state index is 13.7. The molecule has 2 aromatic carbocycles. The van der Waals surface area contributed by atoms with Gasteiger partial charge in [0.05, 0.1) is 9.35 Å². The van der Waals surface area contributed by atoms with E-state index in [1.165, 1.54) is 6.07 Å². The Bertz CT molecular complexity index is 1110. The van der Waals surface area contributed by atoms with E-state index in [1.807, 2.05) is 24.3 Å². The third kappa shape index (κ3) is 4.98. The lowest BCUT2D eigenvalue weighted by molar-refractivity contribution is -0.139. The van der Waals surface area contributed by atoms with Gasteiger partial charge in [-0.25, -0.2) is 14.0 Å². The van der Waals surface area contributed by atoms with Crippen LogP contribution < -0.4 is 10.1 Å². The first kappa shape index (κ1) is 21.8. The zero-order valence-corrected chi connectivity index (χ0v) is 18.1. The van der Waals surface area contributed by atoms with Gasteiger partial charge in [-0.1, -0.05) is 24.3 Å². The normalized spacial score (nSPS) is 10.6. The van der Waals surface area contributed by atoms with Crippen LogP contribution in [-0.2, 0) is 11.3 Å². The molecule has 0 spiro atoms. The van der Waals surface area contributed by atoms with Crippen LogP contribution in [0, 0.1) is 12.7 Å². The molecule has 0 bridgehead atoms. The minimum Gasteiger partial charge on any atom is -0.479 e. The fraction of sp³-hybridized carbons (Fsp3) is 0.143. The van der Waals surface area contributed by atoms with E-state index < -0.39 is 18.5 Å². The summed E-state index contributed by atoms with van der Waals surface area (Å²) in [5.74, 6) is -2.70. The lowest BCUT2D eigenvalue weighted by atomic mass is 10.1. The maximum Gasteiger partial charge on any atom is 0.349 e. The van der Waals surface area contributed by atoms with Gasteiger partial charge >= 0.3 is 11.9 Å². The van der Waals surface area contributed by atoms with E-state index in [1.54, 1.807) is 19.1 Å². The zero-order chi connectivity index (χ0) is 21.8. The van der Waals surface area contributed by atoms with E-state index in [-0.39, 0.29) is 16.4 Å². The summed E-state index contributed by atoms with van der Waals surface area (Å²) in [5.41, 5.74) is 2.87. The summed E-state index contributed by atoms with van der Waals surface area (Å²) < 4.78 is 19.3. The number of nitrogens with one attached hydrogen (secondary N) is 1. The summed E-state index contributed by atoms with van der Waals surface area (Å²) in [4.78, 5) is 22.9. The van der Waals surface area contributed by atoms with Crippen molar-refractivity contribution in [2.24, 2.45) is 0 Å². The number of carboxylic acid groups (broad SMARTS) is 2. The van der Waals surface area contributed by atoms with Crippen molar-refractivity contribution in [1.82, 2.24) is 0 Å². The second-order valence-corrected chi connectivity index (χ2v) is 8.22. The number of ether oxygens (including phenoxy) is 1. The van der Waals surface area contributed by atoms with Gasteiger partial charge in [0, 0.05) is 12.2 Å². The number of carbonyl (C=O) groups is 2. The molecule has 3 aromatic rings. The number of thiophene rings is 1. The molecule has 0 unspecified atom stereocenters. The average molecular weight is 494 g/mol. The minimum absolute atomic E-state index is 0.0106. The smallest absolute Gasteiger partial charge is 0.349 e. The Balaban J connectivity index is 1.86. The average Bonchev–Trinajstić information content (AvgIpc) is 3.04. The van der Waals surface area contributed by atoms with E-state index in [0.717, 1.165) is 22.5 Å². The number of aryl methyl sites for hydroxylation is 1. The number of rotatable bonds is 8. The monoisotopic (exact) mass is 493 g/mol. The number of aromatic carboxylic acids is 1. The van der Waals surface area contributed by atoms with Crippen molar-refractivity contribution in [3.63, 3.8) is 0 Å². The number of halogens is 2. The van der Waals surface area contributed by atoms with Gasteiger partial charge in [0.2, 0.25) is 0 Å². The van der Waals surface area contributed by atoms with Gasteiger partial charge in [-0.3, -0.25) is 0 Å². The van der Waals surface area contributed by atoms with Crippen molar-refractivity contribution < 1.29 is 28.9 Å². The summed E-state index contributed by atoms with van der Waals surface area (Å²) >= 11 is 4.34. The van der Waals surface area contributed by atoms with Crippen LogP contribution >= 0.6 is 27.3 Å². The van der Waals surface area contributed by atoms with Crippen molar-refractivity contribution in [3.05, 3.63) is 68.8 Å².